The minimum Gasteiger partial charge on any atom is -0.394 e. The Hall–Kier alpha value is -1.46. The fourth-order valence-electron chi connectivity index (χ4n) is 1.54. The van der Waals surface area contributed by atoms with Gasteiger partial charge in [-0.25, -0.2) is 0 Å². The Labute approximate surface area is 106 Å². The van der Waals surface area contributed by atoms with Gasteiger partial charge in [0, 0.05) is 31.2 Å². The maximum atomic E-state index is 8.76. The summed E-state index contributed by atoms with van der Waals surface area (Å²) in [4.78, 5) is 0. The first kappa shape index (κ1) is 13.6. The number of aryl methyl sites for hydroxylation is 1. The van der Waals surface area contributed by atoms with Crippen molar-refractivity contribution in [2.24, 2.45) is 7.05 Å². The molecule has 2 aromatic heterocycles. The van der Waals surface area contributed by atoms with Crippen molar-refractivity contribution >= 4 is 18.2 Å². The van der Waals surface area contributed by atoms with Gasteiger partial charge in [-0.1, -0.05) is 0 Å². The molecular weight excluding hydrogens is 240 g/mol. The van der Waals surface area contributed by atoms with Crippen molar-refractivity contribution in [2.75, 3.05) is 11.9 Å². The summed E-state index contributed by atoms with van der Waals surface area (Å²) < 4.78 is 3.78. The molecule has 17 heavy (non-hydrogen) atoms. The molecule has 94 valence electrons. The normalized spacial score (nSPS) is 10.0. The zero-order chi connectivity index (χ0) is 11.4. The quantitative estimate of drug-likeness (QED) is 0.847. The van der Waals surface area contributed by atoms with Gasteiger partial charge in [-0.2, -0.15) is 5.10 Å². The van der Waals surface area contributed by atoms with Crippen molar-refractivity contribution in [1.29, 1.82) is 0 Å². The summed E-state index contributed by atoms with van der Waals surface area (Å²) in [5.41, 5.74) is 1.21. The molecule has 2 N–H and O–H groups in total. The van der Waals surface area contributed by atoms with Crippen molar-refractivity contribution < 1.29 is 5.11 Å². The summed E-state index contributed by atoms with van der Waals surface area (Å²) in [5.74, 6) is 0.828. The van der Waals surface area contributed by atoms with E-state index in [1.165, 1.54) is 5.69 Å². The summed E-state index contributed by atoms with van der Waals surface area (Å²) >= 11 is 0. The molecule has 5 nitrogen and oxygen atoms in total. The maximum Gasteiger partial charge on any atom is 0.148 e. The van der Waals surface area contributed by atoms with Crippen LogP contribution in [0.1, 0.15) is 5.69 Å². The first-order valence-electron chi connectivity index (χ1n) is 5.28. The average Bonchev–Trinajstić information content (AvgIpc) is 2.86. The van der Waals surface area contributed by atoms with Crippen LogP contribution in [0, 0.1) is 0 Å². The van der Waals surface area contributed by atoms with E-state index in [4.69, 9.17) is 5.11 Å². The molecule has 2 aromatic rings. The number of hydrogen-bond acceptors (Lipinski definition) is 3. The molecular formula is C11H17ClN4O. The molecule has 0 amide bonds. The Bertz CT molecular complexity index is 452. The highest BCUT2D eigenvalue weighted by Crippen LogP contribution is 2.06. The van der Waals surface area contributed by atoms with Gasteiger partial charge in [0.1, 0.15) is 5.82 Å². The van der Waals surface area contributed by atoms with Crippen LogP contribution in [0.5, 0.6) is 0 Å². The third-order valence-electron chi connectivity index (χ3n) is 2.47. The summed E-state index contributed by atoms with van der Waals surface area (Å²) in [6, 6.07) is 5.98. The van der Waals surface area contributed by atoms with Crippen LogP contribution in [0.2, 0.25) is 0 Å². The predicted molar refractivity (Wildman–Crippen MR) is 69.3 cm³/mol. The van der Waals surface area contributed by atoms with Gasteiger partial charge in [-0.15, -0.1) is 12.4 Å². The molecule has 0 atom stereocenters. The number of rotatable bonds is 5. The zero-order valence-corrected chi connectivity index (χ0v) is 10.5. The van der Waals surface area contributed by atoms with E-state index in [1.54, 1.807) is 4.68 Å². The molecule has 6 heteroatoms. The number of aromatic nitrogens is 3. The molecule has 0 aromatic carbocycles. The van der Waals surface area contributed by atoms with Crippen LogP contribution in [-0.2, 0) is 20.1 Å². The monoisotopic (exact) mass is 256 g/mol. The fourth-order valence-corrected chi connectivity index (χ4v) is 1.54. The summed E-state index contributed by atoms with van der Waals surface area (Å²) in [6.45, 7) is 1.39. The second kappa shape index (κ2) is 6.32. The number of hydrogen-bond donors (Lipinski definition) is 2. The molecule has 0 saturated carbocycles. The van der Waals surface area contributed by atoms with E-state index in [2.05, 4.69) is 21.0 Å². The van der Waals surface area contributed by atoms with Crippen molar-refractivity contribution in [3.05, 3.63) is 36.3 Å². The van der Waals surface area contributed by atoms with E-state index in [0.717, 1.165) is 12.4 Å². The van der Waals surface area contributed by atoms with Gasteiger partial charge in [0.05, 0.1) is 19.7 Å². The molecule has 0 unspecified atom stereocenters. The van der Waals surface area contributed by atoms with E-state index in [0.29, 0.717) is 6.54 Å². The highest BCUT2D eigenvalue weighted by Gasteiger charge is 2.00. The van der Waals surface area contributed by atoms with Gasteiger partial charge < -0.3 is 15.0 Å². The summed E-state index contributed by atoms with van der Waals surface area (Å²) in [6.07, 6.45) is 3.87. The number of nitrogens with one attached hydrogen (secondary N) is 1. The van der Waals surface area contributed by atoms with E-state index < -0.39 is 0 Å². The Morgan fingerprint density at radius 2 is 2.18 bits per heavy atom. The van der Waals surface area contributed by atoms with Crippen LogP contribution < -0.4 is 5.32 Å². The van der Waals surface area contributed by atoms with Crippen LogP contribution in [0.15, 0.2) is 30.6 Å². The van der Waals surface area contributed by atoms with Gasteiger partial charge in [-0.05, 0) is 12.1 Å². The third kappa shape index (κ3) is 3.51. The molecule has 2 heterocycles. The lowest BCUT2D eigenvalue weighted by molar-refractivity contribution is 0.269. The van der Waals surface area contributed by atoms with Crippen molar-refractivity contribution in [2.45, 2.75) is 13.1 Å². The van der Waals surface area contributed by atoms with E-state index in [9.17, 15) is 0 Å². The molecule has 0 fully saturated rings. The van der Waals surface area contributed by atoms with Gasteiger partial charge >= 0.3 is 0 Å². The first-order chi connectivity index (χ1) is 7.79. The number of halogens is 1. The van der Waals surface area contributed by atoms with Crippen LogP contribution in [0.3, 0.4) is 0 Å². The molecule has 0 bridgehead atoms. The van der Waals surface area contributed by atoms with Crippen LogP contribution in [0.25, 0.3) is 0 Å². The lowest BCUT2D eigenvalue weighted by Gasteiger charge is -2.04. The minimum atomic E-state index is 0. The van der Waals surface area contributed by atoms with Crippen LogP contribution in [-0.4, -0.2) is 26.1 Å². The molecule has 0 aliphatic heterocycles. The number of anilines is 1. The maximum absolute atomic E-state index is 8.76. The number of nitrogens with zero attached hydrogens (tertiary/aromatic N) is 3. The molecule has 0 radical (unpaired) electrons. The lowest BCUT2D eigenvalue weighted by Crippen LogP contribution is -2.06. The Balaban J connectivity index is 0.00000144. The van der Waals surface area contributed by atoms with Crippen molar-refractivity contribution in [3.63, 3.8) is 0 Å². The number of aliphatic hydroxyl groups excluding tert-OH is 1. The second-order valence-electron chi connectivity index (χ2n) is 3.65. The SMILES string of the molecule is Cl.Cn1cccc1CNc1ccn(CCO)n1. The van der Waals surface area contributed by atoms with Crippen LogP contribution in [0.4, 0.5) is 5.82 Å². The third-order valence-corrected chi connectivity index (χ3v) is 2.47. The number of aliphatic hydroxyl groups is 1. The molecule has 0 aliphatic carbocycles. The molecule has 0 aliphatic rings. The lowest BCUT2D eigenvalue weighted by atomic mass is 10.4. The molecule has 0 saturated heterocycles. The fraction of sp³-hybridized carbons (Fsp3) is 0.364. The molecule has 0 spiro atoms. The van der Waals surface area contributed by atoms with E-state index >= 15 is 0 Å². The van der Waals surface area contributed by atoms with Gasteiger partial charge in [0.2, 0.25) is 0 Å². The Morgan fingerprint density at radius 3 is 2.82 bits per heavy atom. The Kier molecular flexibility index (Phi) is 5.06. The van der Waals surface area contributed by atoms with Gasteiger partial charge in [0.25, 0.3) is 0 Å². The first-order valence-corrected chi connectivity index (χ1v) is 5.28. The highest BCUT2D eigenvalue weighted by molar-refractivity contribution is 5.85. The zero-order valence-electron chi connectivity index (χ0n) is 9.71. The predicted octanol–water partition coefficient (Wildman–Crippen LogP) is 1.25. The minimum absolute atomic E-state index is 0. The topological polar surface area (TPSA) is 55.0 Å². The smallest absolute Gasteiger partial charge is 0.148 e. The Morgan fingerprint density at radius 1 is 1.35 bits per heavy atom. The van der Waals surface area contributed by atoms with Crippen molar-refractivity contribution in [1.82, 2.24) is 14.3 Å². The standard InChI is InChI=1S/C11H16N4O.ClH/c1-14-5-2-3-10(14)9-12-11-4-6-15(13-11)7-8-16;/h2-6,16H,7-9H2,1H3,(H,12,13);1H. The second-order valence-corrected chi connectivity index (χ2v) is 3.65. The van der Waals surface area contributed by atoms with Crippen LogP contribution >= 0.6 is 12.4 Å². The molecule has 2 rings (SSSR count). The van der Waals surface area contributed by atoms with Gasteiger partial charge in [0.15, 0.2) is 0 Å². The summed E-state index contributed by atoms with van der Waals surface area (Å²) in [7, 11) is 2.02. The summed E-state index contributed by atoms with van der Waals surface area (Å²) in [5, 5.41) is 16.3. The van der Waals surface area contributed by atoms with Crippen molar-refractivity contribution in [3.8, 4) is 0 Å². The average molecular weight is 257 g/mol. The highest BCUT2D eigenvalue weighted by atomic mass is 35.5. The van der Waals surface area contributed by atoms with Gasteiger partial charge in [-0.3, -0.25) is 4.68 Å². The van der Waals surface area contributed by atoms with E-state index in [1.807, 2.05) is 31.6 Å². The van der Waals surface area contributed by atoms with E-state index in [-0.39, 0.29) is 19.0 Å². The largest absolute Gasteiger partial charge is 0.394 e.